The zero-order chi connectivity index (χ0) is 18.1. The van der Waals surface area contributed by atoms with Gasteiger partial charge < -0.3 is 10.4 Å². The van der Waals surface area contributed by atoms with E-state index in [0.29, 0.717) is 18.0 Å². The molecular weight excluding hydrogens is 328 g/mol. The van der Waals surface area contributed by atoms with Gasteiger partial charge >= 0.3 is 0 Å². The Bertz CT molecular complexity index is 810. The molecule has 1 aliphatic carbocycles. The van der Waals surface area contributed by atoms with Crippen molar-refractivity contribution in [2.24, 2.45) is 5.92 Å². The molecule has 0 bridgehead atoms. The molecule has 6 nitrogen and oxygen atoms in total. The lowest BCUT2D eigenvalue weighted by molar-refractivity contribution is 0.0947. The lowest BCUT2D eigenvalue weighted by Crippen LogP contribution is -2.32. The maximum atomic E-state index is 12.5. The Labute approximate surface area is 153 Å². The number of carbonyl (C=O) groups excluding carboxylic acids is 1. The molecule has 0 spiro atoms. The number of nitrogens with zero attached hydrogens (tertiary/aromatic N) is 3. The summed E-state index contributed by atoms with van der Waals surface area (Å²) >= 11 is 0. The van der Waals surface area contributed by atoms with Crippen molar-refractivity contribution in [3.63, 3.8) is 0 Å². The minimum atomic E-state index is -0.0718. The second-order valence-corrected chi connectivity index (χ2v) is 7.39. The molecule has 1 fully saturated rings. The first kappa shape index (κ1) is 17.1. The molecule has 6 heteroatoms. The Morgan fingerprint density at radius 2 is 2.23 bits per heavy atom. The van der Waals surface area contributed by atoms with Gasteiger partial charge in [-0.15, -0.1) is 0 Å². The standard InChI is InChI=1S/C20H26N4O2/c1-2-21-20(26)19-17-13-23(11-15-4-3-5-16(25)10-15)9-8-18(17)24(22-19)12-14-6-7-14/h3-5,10,14,25H,2,6-9,11-13H2,1H3,(H,21,26). The van der Waals surface area contributed by atoms with Crippen LogP contribution in [-0.2, 0) is 26.1 Å². The van der Waals surface area contributed by atoms with Gasteiger partial charge in [0.2, 0.25) is 0 Å². The number of carbonyl (C=O) groups is 1. The molecule has 4 rings (SSSR count). The Morgan fingerprint density at radius 3 is 2.96 bits per heavy atom. The van der Waals surface area contributed by atoms with Crippen LogP contribution in [-0.4, -0.2) is 38.8 Å². The van der Waals surface area contributed by atoms with Crippen LogP contribution < -0.4 is 5.32 Å². The van der Waals surface area contributed by atoms with E-state index in [1.807, 2.05) is 19.1 Å². The van der Waals surface area contributed by atoms with Gasteiger partial charge in [0.1, 0.15) is 5.75 Å². The Morgan fingerprint density at radius 1 is 1.38 bits per heavy atom. The Balaban J connectivity index is 1.57. The van der Waals surface area contributed by atoms with E-state index in [0.717, 1.165) is 49.6 Å². The zero-order valence-corrected chi connectivity index (χ0v) is 15.2. The zero-order valence-electron chi connectivity index (χ0n) is 15.2. The summed E-state index contributed by atoms with van der Waals surface area (Å²) in [6, 6.07) is 7.38. The van der Waals surface area contributed by atoms with Crippen LogP contribution in [0.3, 0.4) is 0 Å². The van der Waals surface area contributed by atoms with Crippen molar-refractivity contribution in [3.05, 3.63) is 46.8 Å². The molecule has 1 aromatic heterocycles. The maximum Gasteiger partial charge on any atom is 0.272 e. The molecule has 2 N–H and O–H groups in total. The molecule has 2 heterocycles. The number of aromatic nitrogens is 2. The summed E-state index contributed by atoms with van der Waals surface area (Å²) in [4.78, 5) is 14.8. The molecule has 1 aliphatic heterocycles. The van der Waals surface area contributed by atoms with Crippen molar-refractivity contribution in [3.8, 4) is 5.75 Å². The van der Waals surface area contributed by atoms with Gasteiger partial charge in [-0.1, -0.05) is 12.1 Å². The average Bonchev–Trinajstić information content (AvgIpc) is 3.36. The highest BCUT2D eigenvalue weighted by molar-refractivity contribution is 5.94. The van der Waals surface area contributed by atoms with E-state index in [9.17, 15) is 9.90 Å². The molecule has 0 radical (unpaired) electrons. The number of rotatable bonds is 6. The number of benzene rings is 1. The smallest absolute Gasteiger partial charge is 0.272 e. The van der Waals surface area contributed by atoms with Crippen molar-refractivity contribution in [2.75, 3.05) is 13.1 Å². The molecule has 0 unspecified atom stereocenters. The first-order valence-corrected chi connectivity index (χ1v) is 9.51. The summed E-state index contributed by atoms with van der Waals surface area (Å²) < 4.78 is 2.09. The predicted octanol–water partition coefficient (Wildman–Crippen LogP) is 2.31. The van der Waals surface area contributed by atoms with E-state index >= 15 is 0 Å². The van der Waals surface area contributed by atoms with Crippen LogP contribution in [0.5, 0.6) is 5.75 Å². The first-order chi connectivity index (χ1) is 12.6. The monoisotopic (exact) mass is 354 g/mol. The first-order valence-electron chi connectivity index (χ1n) is 9.51. The van der Waals surface area contributed by atoms with Crippen molar-refractivity contribution in [2.45, 2.75) is 45.8 Å². The summed E-state index contributed by atoms with van der Waals surface area (Å²) in [6.07, 6.45) is 3.46. The molecule has 1 saturated carbocycles. The van der Waals surface area contributed by atoms with E-state index in [1.165, 1.54) is 18.5 Å². The molecule has 2 aliphatic rings. The van der Waals surface area contributed by atoms with Gasteiger partial charge in [0.05, 0.1) is 0 Å². The molecule has 2 aromatic rings. The summed E-state index contributed by atoms with van der Waals surface area (Å²) in [6.45, 7) is 5.90. The lowest BCUT2D eigenvalue weighted by atomic mass is 10.0. The van der Waals surface area contributed by atoms with Crippen molar-refractivity contribution >= 4 is 5.91 Å². The minimum absolute atomic E-state index is 0.0718. The van der Waals surface area contributed by atoms with Crippen molar-refractivity contribution < 1.29 is 9.90 Å². The number of hydrogen-bond acceptors (Lipinski definition) is 4. The quantitative estimate of drug-likeness (QED) is 0.835. The molecule has 0 atom stereocenters. The highest BCUT2D eigenvalue weighted by Gasteiger charge is 2.30. The topological polar surface area (TPSA) is 70.4 Å². The van der Waals surface area contributed by atoms with Gasteiger partial charge in [-0.3, -0.25) is 14.4 Å². The van der Waals surface area contributed by atoms with Crippen LogP contribution in [0.1, 0.15) is 47.1 Å². The molecular formula is C20H26N4O2. The van der Waals surface area contributed by atoms with E-state index in [1.54, 1.807) is 12.1 Å². The third-order valence-corrected chi connectivity index (χ3v) is 5.21. The lowest BCUT2D eigenvalue weighted by Gasteiger charge is -2.27. The van der Waals surface area contributed by atoms with Crippen LogP contribution in [0, 0.1) is 5.92 Å². The summed E-state index contributed by atoms with van der Waals surface area (Å²) in [5, 5.41) is 17.3. The highest BCUT2D eigenvalue weighted by atomic mass is 16.3. The van der Waals surface area contributed by atoms with Crippen LogP contribution >= 0.6 is 0 Å². The van der Waals surface area contributed by atoms with Crippen LogP contribution in [0.15, 0.2) is 24.3 Å². The van der Waals surface area contributed by atoms with Crippen molar-refractivity contribution in [1.29, 1.82) is 0 Å². The second kappa shape index (κ2) is 7.11. The van der Waals surface area contributed by atoms with Gasteiger partial charge in [0.15, 0.2) is 5.69 Å². The van der Waals surface area contributed by atoms with Gasteiger partial charge in [-0.05, 0) is 43.4 Å². The van der Waals surface area contributed by atoms with E-state index in [4.69, 9.17) is 0 Å². The van der Waals surface area contributed by atoms with Crippen LogP contribution in [0.4, 0.5) is 0 Å². The van der Waals surface area contributed by atoms with E-state index < -0.39 is 0 Å². The summed E-state index contributed by atoms with van der Waals surface area (Å²) in [5.41, 5.74) is 3.97. The fourth-order valence-electron chi connectivity index (χ4n) is 3.72. The number of nitrogens with one attached hydrogen (secondary N) is 1. The van der Waals surface area contributed by atoms with Crippen LogP contribution in [0.2, 0.25) is 0 Å². The number of hydrogen-bond donors (Lipinski definition) is 2. The number of phenols is 1. The largest absolute Gasteiger partial charge is 0.508 e. The highest BCUT2D eigenvalue weighted by Crippen LogP contribution is 2.33. The number of fused-ring (bicyclic) bond motifs is 1. The maximum absolute atomic E-state index is 12.5. The minimum Gasteiger partial charge on any atom is -0.508 e. The van der Waals surface area contributed by atoms with Gasteiger partial charge in [-0.25, -0.2) is 0 Å². The molecule has 1 amide bonds. The van der Waals surface area contributed by atoms with Crippen LogP contribution in [0.25, 0.3) is 0 Å². The predicted molar refractivity (Wildman–Crippen MR) is 98.9 cm³/mol. The third-order valence-electron chi connectivity index (χ3n) is 5.21. The number of aromatic hydroxyl groups is 1. The average molecular weight is 354 g/mol. The molecule has 1 aromatic carbocycles. The van der Waals surface area contributed by atoms with E-state index in [2.05, 4.69) is 20.0 Å². The SMILES string of the molecule is CCNC(=O)c1nn(CC2CC2)c2c1CN(Cc1cccc(O)c1)CC2. The van der Waals surface area contributed by atoms with Gasteiger partial charge in [0, 0.05) is 50.4 Å². The molecule has 0 saturated heterocycles. The number of amides is 1. The second-order valence-electron chi connectivity index (χ2n) is 7.39. The van der Waals surface area contributed by atoms with Crippen molar-refractivity contribution in [1.82, 2.24) is 20.0 Å². The van der Waals surface area contributed by atoms with Gasteiger partial charge in [-0.2, -0.15) is 5.10 Å². The van der Waals surface area contributed by atoms with Gasteiger partial charge in [0.25, 0.3) is 5.91 Å². The fraction of sp³-hybridized carbons (Fsp3) is 0.500. The fourth-order valence-corrected chi connectivity index (χ4v) is 3.72. The molecule has 26 heavy (non-hydrogen) atoms. The third kappa shape index (κ3) is 3.60. The normalized spacial score (nSPS) is 17.1. The van der Waals surface area contributed by atoms with E-state index in [-0.39, 0.29) is 5.91 Å². The number of phenolic OH excluding ortho intramolecular Hbond substituents is 1. The Kier molecular flexibility index (Phi) is 4.68. The summed E-state index contributed by atoms with van der Waals surface area (Å²) in [7, 11) is 0. The summed E-state index contributed by atoms with van der Waals surface area (Å²) in [5.74, 6) is 0.948. The Hall–Kier alpha value is -2.34. The molecule has 138 valence electrons.